The van der Waals surface area contributed by atoms with Crippen LogP contribution in [0.2, 0.25) is 0 Å². The number of carbonyl (C=O) groups is 4. The first kappa shape index (κ1) is 20.4. The van der Waals surface area contributed by atoms with Gasteiger partial charge in [0.25, 0.3) is 0 Å². The van der Waals surface area contributed by atoms with Crippen LogP contribution in [0, 0.1) is 0 Å². The molecule has 0 spiro atoms. The molecule has 1 rings (SSSR count). The quantitative estimate of drug-likeness (QED) is 0.362. The molecule has 0 aromatic rings. The molecule has 0 radical (unpaired) electrons. The number of alkyl halides is 1. The number of esters is 4. The monoisotopic (exact) mass is 410 g/mol. The molecule has 5 atom stereocenters. The number of hydrogen-bond donors (Lipinski definition) is 0. The second-order valence-electron chi connectivity index (χ2n) is 5.05. The smallest absolute Gasteiger partial charge is 0.304 e. The summed E-state index contributed by atoms with van der Waals surface area (Å²) < 4.78 is 25.8. The number of halogens is 1. The lowest BCUT2D eigenvalue weighted by Gasteiger charge is -2.42. The summed E-state index contributed by atoms with van der Waals surface area (Å²) in [7, 11) is 0. The molecule has 0 N–H and O–H groups in total. The van der Waals surface area contributed by atoms with Gasteiger partial charge in [-0.2, -0.15) is 0 Å². The summed E-state index contributed by atoms with van der Waals surface area (Å²) in [5.74, 6) is -2.46. The van der Waals surface area contributed by atoms with Crippen LogP contribution in [0.5, 0.6) is 0 Å². The van der Waals surface area contributed by atoms with E-state index < -0.39 is 53.3 Å². The molecule has 1 aliphatic rings. The molecule has 1 fully saturated rings. The molecule has 0 aromatic carbocycles. The predicted octanol–water partition coefficient (Wildman–Crippen LogP) is 0.464. The van der Waals surface area contributed by atoms with E-state index >= 15 is 0 Å². The zero-order chi connectivity index (χ0) is 18.4. The Bertz CT molecular complexity index is 490. The summed E-state index contributed by atoms with van der Waals surface area (Å²) in [5, 5.41) is 0. The fourth-order valence-corrected chi connectivity index (χ4v) is 2.76. The van der Waals surface area contributed by atoms with Crippen molar-refractivity contribution in [3.05, 3.63) is 0 Å². The van der Waals surface area contributed by atoms with Crippen molar-refractivity contribution in [3.8, 4) is 0 Å². The minimum Gasteiger partial charge on any atom is -0.463 e. The van der Waals surface area contributed by atoms with Gasteiger partial charge in [-0.1, -0.05) is 15.9 Å². The fraction of sp³-hybridized carbons (Fsp3) is 0.714. The van der Waals surface area contributed by atoms with Gasteiger partial charge in [-0.15, -0.1) is 0 Å². The Morgan fingerprint density at radius 2 is 1.33 bits per heavy atom. The summed E-state index contributed by atoms with van der Waals surface area (Å²) in [6.07, 6.45) is -4.17. The highest BCUT2D eigenvalue weighted by Crippen LogP contribution is 2.32. The summed E-state index contributed by atoms with van der Waals surface area (Å²) in [6, 6.07) is 0. The van der Waals surface area contributed by atoms with Gasteiger partial charge in [-0.05, 0) is 0 Å². The lowest BCUT2D eigenvalue weighted by atomic mass is 10.0. The lowest BCUT2D eigenvalue weighted by molar-refractivity contribution is -0.255. The van der Waals surface area contributed by atoms with E-state index in [2.05, 4.69) is 15.9 Å². The van der Waals surface area contributed by atoms with Crippen molar-refractivity contribution in [1.82, 2.24) is 0 Å². The van der Waals surface area contributed by atoms with Crippen LogP contribution in [-0.4, -0.2) is 59.9 Å². The van der Waals surface area contributed by atoms with Gasteiger partial charge in [0.2, 0.25) is 6.29 Å². The maximum Gasteiger partial charge on any atom is 0.304 e. The van der Waals surface area contributed by atoms with Crippen LogP contribution in [0.15, 0.2) is 0 Å². The normalized spacial score (nSPS) is 29.3. The second kappa shape index (κ2) is 8.97. The lowest BCUT2D eigenvalue weighted by Crippen LogP contribution is -2.60. The van der Waals surface area contributed by atoms with E-state index in [1.54, 1.807) is 0 Å². The highest BCUT2D eigenvalue weighted by molar-refractivity contribution is 9.09. The van der Waals surface area contributed by atoms with Crippen molar-refractivity contribution in [2.75, 3.05) is 6.61 Å². The van der Waals surface area contributed by atoms with Gasteiger partial charge in [-0.3, -0.25) is 19.2 Å². The Hall–Kier alpha value is -1.68. The number of ether oxygens (including phenoxy) is 5. The van der Waals surface area contributed by atoms with Crippen molar-refractivity contribution < 1.29 is 42.9 Å². The third kappa shape index (κ3) is 6.08. The highest BCUT2D eigenvalue weighted by atomic mass is 79.9. The van der Waals surface area contributed by atoms with Gasteiger partial charge in [0.15, 0.2) is 12.2 Å². The zero-order valence-electron chi connectivity index (χ0n) is 13.6. The molecule has 0 bridgehead atoms. The number of hydrogen-bond acceptors (Lipinski definition) is 9. The van der Waals surface area contributed by atoms with E-state index in [1.807, 2.05) is 0 Å². The predicted molar refractivity (Wildman–Crippen MR) is 80.9 cm³/mol. The van der Waals surface area contributed by atoms with E-state index in [9.17, 15) is 19.2 Å². The molecular weight excluding hydrogens is 392 g/mol. The summed E-state index contributed by atoms with van der Waals surface area (Å²) in [6.45, 7) is 4.47. The third-order valence-corrected chi connectivity index (χ3v) is 3.86. The molecule has 24 heavy (non-hydrogen) atoms. The maximum atomic E-state index is 11.4. The number of rotatable bonds is 5. The second-order valence-corrected chi connectivity index (χ2v) is 6.10. The molecule has 9 nitrogen and oxygen atoms in total. The van der Waals surface area contributed by atoms with Gasteiger partial charge < -0.3 is 23.7 Å². The Labute approximate surface area is 147 Å². The summed E-state index contributed by atoms with van der Waals surface area (Å²) in [5.41, 5.74) is 0. The largest absolute Gasteiger partial charge is 0.463 e. The van der Waals surface area contributed by atoms with Crippen molar-refractivity contribution in [2.24, 2.45) is 0 Å². The van der Waals surface area contributed by atoms with E-state index in [-0.39, 0.29) is 6.61 Å². The van der Waals surface area contributed by atoms with Gasteiger partial charge in [0.1, 0.15) is 17.5 Å². The van der Waals surface area contributed by atoms with Crippen LogP contribution in [0.4, 0.5) is 0 Å². The van der Waals surface area contributed by atoms with E-state index in [1.165, 1.54) is 27.7 Å². The van der Waals surface area contributed by atoms with Crippen LogP contribution < -0.4 is 0 Å². The molecule has 0 aliphatic carbocycles. The van der Waals surface area contributed by atoms with E-state index in [0.29, 0.717) is 0 Å². The van der Waals surface area contributed by atoms with Gasteiger partial charge in [0.05, 0.1) is 0 Å². The van der Waals surface area contributed by atoms with Crippen LogP contribution in [0.1, 0.15) is 27.7 Å². The molecule has 0 unspecified atom stereocenters. The molecule has 10 heteroatoms. The third-order valence-electron chi connectivity index (χ3n) is 2.91. The highest BCUT2D eigenvalue weighted by Gasteiger charge is 2.50. The van der Waals surface area contributed by atoms with Gasteiger partial charge >= 0.3 is 23.9 Å². The Balaban J connectivity index is 3.08. The van der Waals surface area contributed by atoms with Crippen molar-refractivity contribution in [2.45, 2.75) is 57.1 Å². The van der Waals surface area contributed by atoms with Crippen LogP contribution in [-0.2, 0) is 42.9 Å². The van der Waals surface area contributed by atoms with E-state index in [0.717, 1.165) is 0 Å². The molecule has 1 heterocycles. The van der Waals surface area contributed by atoms with Crippen LogP contribution >= 0.6 is 15.9 Å². The maximum absolute atomic E-state index is 11.4. The standard InChI is InChI=1S/C14H19BrO9/c1-6(16)20-5-10-12(21-7(2)17)13(22-8(3)18)11(15)14(24-10)23-9(4)19/h10-14H,5H2,1-4H3/t10-,11+,12+,13-,14+/m1/s1. The fourth-order valence-electron chi connectivity index (χ4n) is 2.12. The van der Waals surface area contributed by atoms with Crippen molar-refractivity contribution >= 4 is 39.8 Å². The Kier molecular flexibility index (Phi) is 7.61. The van der Waals surface area contributed by atoms with E-state index in [4.69, 9.17) is 23.7 Å². The Morgan fingerprint density at radius 3 is 1.79 bits per heavy atom. The molecule has 1 saturated heterocycles. The van der Waals surface area contributed by atoms with Crippen LogP contribution in [0.25, 0.3) is 0 Å². The number of carbonyl (C=O) groups excluding carboxylic acids is 4. The molecule has 0 saturated carbocycles. The zero-order valence-corrected chi connectivity index (χ0v) is 15.2. The van der Waals surface area contributed by atoms with Crippen LogP contribution in [0.3, 0.4) is 0 Å². The molecule has 0 aromatic heterocycles. The SMILES string of the molecule is CC(=O)OC[C@H]1O[C@H](OC(C)=O)[C@@H](Br)[C@@H](OC(C)=O)[C@H]1OC(C)=O. The topological polar surface area (TPSA) is 114 Å². The molecule has 0 amide bonds. The molecular formula is C14H19BrO9. The first-order chi connectivity index (χ1) is 11.1. The molecule has 136 valence electrons. The summed E-state index contributed by atoms with van der Waals surface area (Å²) >= 11 is 3.24. The van der Waals surface area contributed by atoms with Gasteiger partial charge in [-0.25, -0.2) is 0 Å². The first-order valence-corrected chi connectivity index (χ1v) is 7.98. The van der Waals surface area contributed by atoms with Crippen molar-refractivity contribution in [3.63, 3.8) is 0 Å². The average Bonchev–Trinajstić information content (AvgIpc) is 2.42. The first-order valence-electron chi connectivity index (χ1n) is 7.06. The minimum atomic E-state index is -1.13. The molecule has 1 aliphatic heterocycles. The van der Waals surface area contributed by atoms with Crippen molar-refractivity contribution in [1.29, 1.82) is 0 Å². The van der Waals surface area contributed by atoms with Gasteiger partial charge in [0, 0.05) is 27.7 Å². The average molecular weight is 411 g/mol. The minimum absolute atomic E-state index is 0.275. The Morgan fingerprint density at radius 1 is 0.833 bits per heavy atom. The summed E-state index contributed by atoms with van der Waals surface area (Å²) in [4.78, 5) is 44.2.